The minimum absolute atomic E-state index is 0.198. The summed E-state index contributed by atoms with van der Waals surface area (Å²) < 4.78 is 6.01. The summed E-state index contributed by atoms with van der Waals surface area (Å²) in [4.78, 5) is 15.1. The number of anilines is 1. The fourth-order valence-corrected chi connectivity index (χ4v) is 4.70. The Balaban J connectivity index is 1.49. The van der Waals surface area contributed by atoms with E-state index in [1.54, 1.807) is 12.4 Å². The molecule has 2 aromatic heterocycles. The minimum atomic E-state index is 0.198. The SMILES string of the molecule is c1csc(CN2CCC[C@]3(COCCN(c4cnccn4)C3)C2)c1. The number of nitrogens with zero attached hydrogens (tertiary/aromatic N) is 4. The smallest absolute Gasteiger partial charge is 0.147 e. The lowest BCUT2D eigenvalue weighted by molar-refractivity contribution is 0.0109. The molecule has 0 unspecified atom stereocenters. The Hall–Kier alpha value is -1.50. The van der Waals surface area contributed by atoms with Gasteiger partial charge in [0.15, 0.2) is 0 Å². The van der Waals surface area contributed by atoms with Crippen molar-refractivity contribution in [3.8, 4) is 0 Å². The second-order valence-electron chi connectivity index (χ2n) is 6.93. The Morgan fingerprint density at radius 2 is 2.25 bits per heavy atom. The number of piperidine rings is 1. The third-order valence-corrected chi connectivity index (χ3v) is 5.87. The Morgan fingerprint density at radius 3 is 3.08 bits per heavy atom. The van der Waals surface area contributed by atoms with E-state index in [2.05, 4.69) is 37.3 Å². The van der Waals surface area contributed by atoms with Gasteiger partial charge in [-0.1, -0.05) is 6.07 Å². The summed E-state index contributed by atoms with van der Waals surface area (Å²) >= 11 is 1.85. The van der Waals surface area contributed by atoms with E-state index in [1.807, 2.05) is 17.5 Å². The van der Waals surface area contributed by atoms with E-state index in [9.17, 15) is 0 Å². The highest BCUT2D eigenvalue weighted by Gasteiger charge is 2.39. The van der Waals surface area contributed by atoms with Gasteiger partial charge in [0.1, 0.15) is 5.82 Å². The molecule has 1 atom stereocenters. The van der Waals surface area contributed by atoms with Gasteiger partial charge in [-0.25, -0.2) is 4.98 Å². The second kappa shape index (κ2) is 7.17. The van der Waals surface area contributed by atoms with Gasteiger partial charge in [0.2, 0.25) is 0 Å². The van der Waals surface area contributed by atoms with E-state index < -0.39 is 0 Å². The predicted molar refractivity (Wildman–Crippen MR) is 96.3 cm³/mol. The lowest BCUT2D eigenvalue weighted by atomic mass is 9.80. The zero-order valence-electron chi connectivity index (χ0n) is 13.9. The summed E-state index contributed by atoms with van der Waals surface area (Å²) in [6, 6.07) is 4.38. The maximum absolute atomic E-state index is 6.01. The van der Waals surface area contributed by atoms with Gasteiger partial charge in [0.25, 0.3) is 0 Å². The van der Waals surface area contributed by atoms with Crippen molar-refractivity contribution in [2.24, 2.45) is 5.41 Å². The third-order valence-electron chi connectivity index (χ3n) is 5.01. The maximum atomic E-state index is 6.01. The van der Waals surface area contributed by atoms with Crippen molar-refractivity contribution in [3.05, 3.63) is 41.0 Å². The highest BCUT2D eigenvalue weighted by molar-refractivity contribution is 7.09. The number of likely N-dealkylation sites (tertiary alicyclic amines) is 1. The number of hydrogen-bond acceptors (Lipinski definition) is 6. The van der Waals surface area contributed by atoms with Gasteiger partial charge in [0, 0.05) is 48.9 Å². The van der Waals surface area contributed by atoms with Gasteiger partial charge in [-0.15, -0.1) is 11.3 Å². The standard InChI is InChI=1S/C18H24N4OS/c1-3-16(24-10-1)12-21-7-2-4-18(13-21)14-22(8-9-23-15-18)17-11-19-5-6-20-17/h1,3,5-6,10-11H,2,4,7-9,12-15H2/t18-/m0/s1. The average Bonchev–Trinajstić information content (AvgIpc) is 3.03. The van der Waals surface area contributed by atoms with E-state index >= 15 is 0 Å². The summed E-state index contributed by atoms with van der Waals surface area (Å²) in [6.07, 6.45) is 7.84. The van der Waals surface area contributed by atoms with Gasteiger partial charge < -0.3 is 9.64 Å². The highest BCUT2D eigenvalue weighted by Crippen LogP contribution is 2.34. The molecule has 5 nitrogen and oxygen atoms in total. The number of hydrogen-bond donors (Lipinski definition) is 0. The van der Waals surface area contributed by atoms with Crippen LogP contribution < -0.4 is 4.90 Å². The van der Waals surface area contributed by atoms with Crippen LogP contribution in [0.3, 0.4) is 0 Å². The fourth-order valence-electron chi connectivity index (χ4n) is 3.96. The van der Waals surface area contributed by atoms with Crippen LogP contribution in [0.2, 0.25) is 0 Å². The van der Waals surface area contributed by atoms with Crippen LogP contribution >= 0.6 is 11.3 Å². The largest absolute Gasteiger partial charge is 0.379 e. The topological polar surface area (TPSA) is 41.5 Å². The number of thiophene rings is 1. The summed E-state index contributed by atoms with van der Waals surface area (Å²) in [5, 5.41) is 2.17. The van der Waals surface area contributed by atoms with E-state index in [-0.39, 0.29) is 5.41 Å². The van der Waals surface area contributed by atoms with Gasteiger partial charge in [-0.05, 0) is 30.8 Å². The normalized spacial score (nSPS) is 25.8. The molecule has 6 heteroatoms. The van der Waals surface area contributed by atoms with Gasteiger partial charge in [-0.3, -0.25) is 9.88 Å². The van der Waals surface area contributed by atoms with E-state index in [0.29, 0.717) is 0 Å². The van der Waals surface area contributed by atoms with Crippen molar-refractivity contribution in [1.29, 1.82) is 0 Å². The van der Waals surface area contributed by atoms with Crippen molar-refractivity contribution in [2.75, 3.05) is 44.3 Å². The van der Waals surface area contributed by atoms with Crippen LogP contribution in [0.1, 0.15) is 17.7 Å². The van der Waals surface area contributed by atoms with E-state index in [0.717, 1.165) is 45.2 Å². The Kier molecular flexibility index (Phi) is 4.78. The first-order chi connectivity index (χ1) is 11.8. The quantitative estimate of drug-likeness (QED) is 0.856. The molecule has 4 heterocycles. The lowest BCUT2D eigenvalue weighted by Crippen LogP contribution is -2.50. The van der Waals surface area contributed by atoms with Crippen LogP contribution in [0.5, 0.6) is 0 Å². The first-order valence-corrected chi connectivity index (χ1v) is 9.54. The first-order valence-electron chi connectivity index (χ1n) is 8.67. The summed E-state index contributed by atoms with van der Waals surface area (Å²) in [7, 11) is 0. The third kappa shape index (κ3) is 3.61. The molecule has 24 heavy (non-hydrogen) atoms. The number of aromatic nitrogens is 2. The summed E-state index contributed by atoms with van der Waals surface area (Å²) in [6.45, 7) is 6.86. The van der Waals surface area contributed by atoms with E-state index in [4.69, 9.17) is 4.74 Å². The molecule has 128 valence electrons. The van der Waals surface area contributed by atoms with Crippen molar-refractivity contribution in [2.45, 2.75) is 19.4 Å². The maximum Gasteiger partial charge on any atom is 0.147 e. The van der Waals surface area contributed by atoms with Crippen molar-refractivity contribution in [3.63, 3.8) is 0 Å². The zero-order valence-corrected chi connectivity index (χ0v) is 14.7. The molecule has 0 amide bonds. The molecule has 0 saturated carbocycles. The number of rotatable bonds is 3. The molecule has 1 spiro atoms. The lowest BCUT2D eigenvalue weighted by Gasteiger charge is -2.43. The molecule has 0 radical (unpaired) electrons. The van der Waals surface area contributed by atoms with Crippen molar-refractivity contribution < 1.29 is 4.74 Å². The fraction of sp³-hybridized carbons (Fsp3) is 0.556. The van der Waals surface area contributed by atoms with E-state index in [1.165, 1.54) is 24.3 Å². The highest BCUT2D eigenvalue weighted by atomic mass is 32.1. The molecule has 2 aromatic rings. The van der Waals surface area contributed by atoms with Gasteiger partial charge in [-0.2, -0.15) is 0 Å². The molecular weight excluding hydrogens is 320 g/mol. The molecule has 0 bridgehead atoms. The minimum Gasteiger partial charge on any atom is -0.379 e. The van der Waals surface area contributed by atoms with Crippen molar-refractivity contribution >= 4 is 17.2 Å². The van der Waals surface area contributed by atoms with Crippen LogP contribution in [-0.4, -0.2) is 54.3 Å². The molecule has 0 aliphatic carbocycles. The summed E-state index contributed by atoms with van der Waals surface area (Å²) in [5.41, 5.74) is 0.198. The van der Waals surface area contributed by atoms with Crippen LogP contribution in [0.15, 0.2) is 36.1 Å². The molecule has 0 N–H and O–H groups in total. The molecule has 2 fully saturated rings. The van der Waals surface area contributed by atoms with Crippen LogP contribution in [-0.2, 0) is 11.3 Å². The second-order valence-corrected chi connectivity index (χ2v) is 7.96. The number of ether oxygens (including phenoxy) is 1. The van der Waals surface area contributed by atoms with Crippen LogP contribution in [0, 0.1) is 5.41 Å². The molecule has 2 saturated heterocycles. The molecule has 2 aliphatic rings. The molecular formula is C18H24N4OS. The molecule has 4 rings (SSSR count). The van der Waals surface area contributed by atoms with Crippen molar-refractivity contribution in [1.82, 2.24) is 14.9 Å². The Bertz CT molecular complexity index is 636. The van der Waals surface area contributed by atoms with Crippen LogP contribution in [0.25, 0.3) is 0 Å². The van der Waals surface area contributed by atoms with Gasteiger partial charge in [0.05, 0.1) is 19.4 Å². The average molecular weight is 344 g/mol. The first kappa shape index (κ1) is 16.0. The Morgan fingerprint density at radius 1 is 1.25 bits per heavy atom. The van der Waals surface area contributed by atoms with Gasteiger partial charge >= 0.3 is 0 Å². The molecule has 0 aromatic carbocycles. The predicted octanol–water partition coefficient (Wildman–Crippen LogP) is 2.66. The summed E-state index contributed by atoms with van der Waals surface area (Å²) in [5.74, 6) is 0.970. The molecule has 2 aliphatic heterocycles. The monoisotopic (exact) mass is 344 g/mol. The zero-order chi connectivity index (χ0) is 16.2. The Labute approximate surface area is 147 Å². The van der Waals surface area contributed by atoms with Crippen LogP contribution in [0.4, 0.5) is 5.82 Å².